The van der Waals surface area contributed by atoms with Crippen molar-refractivity contribution in [3.8, 4) is 11.5 Å². The van der Waals surface area contributed by atoms with Crippen molar-refractivity contribution < 1.29 is 13.6 Å². The van der Waals surface area contributed by atoms with Gasteiger partial charge in [0.1, 0.15) is 11.5 Å². The molecule has 0 bridgehead atoms. The average molecular weight is 401 g/mol. The molecule has 0 amide bonds. The minimum absolute atomic E-state index is 0.0439. The summed E-state index contributed by atoms with van der Waals surface area (Å²) in [5.74, 6) is 1.33. The average Bonchev–Trinajstić information content (AvgIpc) is 2.37. The number of benzene rings is 1. The number of carbonyl (C=O) groups excluding carboxylic acids is 1. The second kappa shape index (κ2) is 7.08. The number of hydrogen-bond acceptors (Lipinski definition) is 3. The predicted molar refractivity (Wildman–Crippen MR) is 112 cm³/mol. The summed E-state index contributed by atoms with van der Waals surface area (Å²) >= 11 is 5.68. The highest BCUT2D eigenvalue weighted by Gasteiger charge is 2.42. The third-order valence-corrected chi connectivity index (χ3v) is 14.4. The zero-order valence-corrected chi connectivity index (χ0v) is 20.1. The molecular weight excluding hydrogens is 368 g/mol. The third-order valence-electron chi connectivity index (χ3n) is 5.51. The van der Waals surface area contributed by atoms with Crippen LogP contribution in [0.2, 0.25) is 36.3 Å². The van der Waals surface area contributed by atoms with E-state index in [1.807, 2.05) is 6.07 Å². The van der Waals surface area contributed by atoms with Crippen LogP contribution in [-0.2, 0) is 0 Å². The van der Waals surface area contributed by atoms with Gasteiger partial charge in [-0.05, 0) is 66.1 Å². The maximum atomic E-state index is 11.6. The van der Waals surface area contributed by atoms with Gasteiger partial charge in [0.05, 0.1) is 0 Å². The van der Waals surface area contributed by atoms with Gasteiger partial charge in [-0.15, -0.1) is 0 Å². The second-order valence-electron chi connectivity index (χ2n) is 9.66. The van der Waals surface area contributed by atoms with E-state index < -0.39 is 21.9 Å². The summed E-state index contributed by atoms with van der Waals surface area (Å²) in [4.78, 5) is 11.6. The monoisotopic (exact) mass is 400 g/mol. The molecule has 142 valence electrons. The van der Waals surface area contributed by atoms with Crippen LogP contribution in [0.1, 0.15) is 51.9 Å². The molecule has 0 heterocycles. The van der Waals surface area contributed by atoms with Gasteiger partial charge in [0.2, 0.25) is 0 Å². The molecule has 0 unspecified atom stereocenters. The first-order valence-corrected chi connectivity index (χ1v) is 14.9. The lowest BCUT2D eigenvalue weighted by Gasteiger charge is -2.39. The minimum atomic E-state index is -2.08. The standard InChI is InChI=1S/C19H33ClO3Si2/c1-18(2,3)24(7,8)22-15-12-11-14(17(20)21)13-16(15)23-25(9,10)19(4,5)6/h11-13H,1-10H3. The van der Waals surface area contributed by atoms with Gasteiger partial charge in [-0.25, -0.2) is 0 Å². The maximum absolute atomic E-state index is 11.6. The fourth-order valence-electron chi connectivity index (χ4n) is 1.65. The van der Waals surface area contributed by atoms with Gasteiger partial charge in [0.25, 0.3) is 21.9 Å². The van der Waals surface area contributed by atoms with E-state index in [9.17, 15) is 4.79 Å². The molecule has 0 aromatic heterocycles. The van der Waals surface area contributed by atoms with Gasteiger partial charge in [0.15, 0.2) is 0 Å². The van der Waals surface area contributed by atoms with Crippen LogP contribution >= 0.6 is 11.6 Å². The molecule has 0 saturated heterocycles. The van der Waals surface area contributed by atoms with Crippen molar-refractivity contribution >= 4 is 33.5 Å². The Morgan fingerprint density at radius 2 is 1.24 bits per heavy atom. The van der Waals surface area contributed by atoms with E-state index in [0.29, 0.717) is 17.1 Å². The van der Waals surface area contributed by atoms with Gasteiger partial charge >= 0.3 is 0 Å². The van der Waals surface area contributed by atoms with Gasteiger partial charge in [-0.3, -0.25) is 4.79 Å². The molecule has 0 aliphatic carbocycles. The van der Waals surface area contributed by atoms with Gasteiger partial charge in [-0.2, -0.15) is 0 Å². The quantitative estimate of drug-likeness (QED) is 0.401. The van der Waals surface area contributed by atoms with Gasteiger partial charge in [-0.1, -0.05) is 41.5 Å². The Bertz CT molecular complexity index is 641. The molecule has 0 spiro atoms. The second-order valence-corrected chi connectivity index (χ2v) is 19.5. The number of rotatable bonds is 5. The van der Waals surface area contributed by atoms with E-state index in [4.69, 9.17) is 20.5 Å². The first kappa shape index (κ1) is 22.3. The minimum Gasteiger partial charge on any atom is -0.541 e. The van der Waals surface area contributed by atoms with Crippen LogP contribution in [0.4, 0.5) is 0 Å². The maximum Gasteiger partial charge on any atom is 0.252 e. The fraction of sp³-hybridized carbons (Fsp3) is 0.632. The lowest BCUT2D eigenvalue weighted by atomic mass is 10.2. The Kier molecular flexibility index (Phi) is 6.31. The van der Waals surface area contributed by atoms with E-state index in [-0.39, 0.29) is 10.1 Å². The Morgan fingerprint density at radius 1 is 0.840 bits per heavy atom. The summed E-state index contributed by atoms with van der Waals surface area (Å²) in [6.45, 7) is 21.9. The number of carbonyl (C=O) groups is 1. The zero-order valence-electron chi connectivity index (χ0n) is 17.3. The topological polar surface area (TPSA) is 35.5 Å². The Morgan fingerprint density at radius 3 is 1.60 bits per heavy atom. The summed E-state index contributed by atoms with van der Waals surface area (Å²) < 4.78 is 12.9. The van der Waals surface area contributed by atoms with Gasteiger partial charge in [0, 0.05) is 5.56 Å². The normalized spacial score (nSPS) is 13.6. The van der Waals surface area contributed by atoms with E-state index in [1.165, 1.54) is 0 Å². The van der Waals surface area contributed by atoms with Crippen LogP contribution in [0.3, 0.4) is 0 Å². The SMILES string of the molecule is CC(C)(C)[Si](C)(C)Oc1ccc(C(=O)Cl)cc1O[Si](C)(C)C(C)(C)C. The van der Waals surface area contributed by atoms with Crippen LogP contribution in [0.15, 0.2) is 18.2 Å². The molecule has 0 radical (unpaired) electrons. The lowest BCUT2D eigenvalue weighted by Crippen LogP contribution is -2.45. The first-order valence-electron chi connectivity index (χ1n) is 8.70. The molecule has 0 aliphatic heterocycles. The van der Waals surface area contributed by atoms with Crippen molar-refractivity contribution in [1.29, 1.82) is 0 Å². The molecule has 0 N–H and O–H groups in total. The van der Waals surface area contributed by atoms with Crippen molar-refractivity contribution in [3.05, 3.63) is 23.8 Å². The van der Waals surface area contributed by atoms with Crippen molar-refractivity contribution in [2.45, 2.75) is 77.8 Å². The highest BCUT2D eigenvalue weighted by molar-refractivity contribution is 6.75. The molecule has 0 fully saturated rings. The molecule has 1 aromatic carbocycles. The van der Waals surface area contributed by atoms with Gasteiger partial charge < -0.3 is 8.85 Å². The summed E-state index contributed by atoms with van der Waals surface area (Å²) in [6, 6.07) is 5.24. The Labute approximate surface area is 160 Å². The van der Waals surface area contributed by atoms with Crippen molar-refractivity contribution in [3.63, 3.8) is 0 Å². The molecule has 25 heavy (non-hydrogen) atoms. The first-order chi connectivity index (χ1) is 11.0. The highest BCUT2D eigenvalue weighted by atomic mass is 35.5. The molecule has 1 aromatic rings. The van der Waals surface area contributed by atoms with Crippen molar-refractivity contribution in [2.24, 2.45) is 0 Å². The fourth-order valence-corrected chi connectivity index (χ4v) is 3.81. The zero-order chi connectivity index (χ0) is 19.8. The molecule has 0 saturated carbocycles. The molecule has 0 aliphatic rings. The lowest BCUT2D eigenvalue weighted by molar-refractivity contribution is 0.108. The molecule has 1 rings (SSSR count). The highest BCUT2D eigenvalue weighted by Crippen LogP contribution is 2.43. The molecular formula is C19H33ClO3Si2. The van der Waals surface area contributed by atoms with Crippen molar-refractivity contribution in [2.75, 3.05) is 0 Å². The summed E-state index contributed by atoms with van der Waals surface area (Å²) in [5.41, 5.74) is 0.429. The molecule has 0 atom stereocenters. The van der Waals surface area contributed by atoms with E-state index in [2.05, 4.69) is 67.7 Å². The number of halogens is 1. The molecule has 6 heteroatoms. The number of hydrogen-bond donors (Lipinski definition) is 0. The summed E-state index contributed by atoms with van der Waals surface area (Å²) in [7, 11) is -4.10. The predicted octanol–water partition coefficient (Wildman–Crippen LogP) is 6.83. The summed E-state index contributed by atoms with van der Waals surface area (Å²) in [5, 5.41) is -0.372. The summed E-state index contributed by atoms with van der Waals surface area (Å²) in [6.07, 6.45) is 0. The smallest absolute Gasteiger partial charge is 0.252 e. The van der Waals surface area contributed by atoms with Crippen molar-refractivity contribution in [1.82, 2.24) is 0 Å². The van der Waals surface area contributed by atoms with Crippen LogP contribution in [-0.4, -0.2) is 21.9 Å². The van der Waals surface area contributed by atoms with E-state index in [0.717, 1.165) is 0 Å². The molecule has 3 nitrogen and oxygen atoms in total. The van der Waals surface area contributed by atoms with E-state index >= 15 is 0 Å². The van der Waals surface area contributed by atoms with Crippen LogP contribution in [0.25, 0.3) is 0 Å². The largest absolute Gasteiger partial charge is 0.541 e. The van der Waals surface area contributed by atoms with Crippen LogP contribution in [0, 0.1) is 0 Å². The van der Waals surface area contributed by atoms with Crippen LogP contribution < -0.4 is 8.85 Å². The Hall–Kier alpha value is -0.786. The van der Waals surface area contributed by atoms with Crippen LogP contribution in [0.5, 0.6) is 11.5 Å². The van der Waals surface area contributed by atoms with E-state index in [1.54, 1.807) is 12.1 Å². The Balaban J connectivity index is 3.37. The third kappa shape index (κ3) is 5.34.